The van der Waals surface area contributed by atoms with E-state index in [0.29, 0.717) is 0 Å². The van der Waals surface area contributed by atoms with E-state index < -0.39 is 37.2 Å². The molecule has 0 aromatic carbocycles. The first-order valence-corrected chi connectivity index (χ1v) is 5.90. The molecular weight excluding hydrogens is 270 g/mol. The van der Waals surface area contributed by atoms with Crippen molar-refractivity contribution in [3.05, 3.63) is 12.7 Å². The number of carboxylic acid groups (broad SMARTS) is 1. The van der Waals surface area contributed by atoms with Crippen molar-refractivity contribution < 1.29 is 34.1 Å². The van der Waals surface area contributed by atoms with Crippen LogP contribution in [0.2, 0.25) is 0 Å². The summed E-state index contributed by atoms with van der Waals surface area (Å²) in [6.45, 7) is 2.39. The Morgan fingerprint density at radius 1 is 1.40 bits per heavy atom. The van der Waals surface area contributed by atoms with E-state index in [2.05, 4.69) is 11.3 Å². The molecule has 0 aliphatic heterocycles. The Kier molecular flexibility index (Phi) is 8.77. The van der Waals surface area contributed by atoms with Gasteiger partial charge in [0.2, 0.25) is 0 Å². The van der Waals surface area contributed by atoms with Crippen molar-refractivity contribution in [1.82, 2.24) is 4.90 Å². The number of aliphatic carboxylic acids is 1. The van der Waals surface area contributed by atoms with E-state index in [1.807, 2.05) is 0 Å². The van der Waals surface area contributed by atoms with Gasteiger partial charge in [-0.3, -0.25) is 14.5 Å². The Hall–Kier alpha value is -2.09. The number of amides is 1. The molecule has 0 aromatic heterocycles. The van der Waals surface area contributed by atoms with Crippen LogP contribution in [0.15, 0.2) is 12.7 Å². The fraction of sp³-hybridized carbons (Fsp3) is 0.583. The molecule has 20 heavy (non-hydrogen) atoms. The minimum Gasteiger partial charge on any atom is -0.481 e. The molecule has 8 heteroatoms. The molecule has 0 spiro atoms. The van der Waals surface area contributed by atoms with Crippen molar-refractivity contribution in [2.75, 3.05) is 26.9 Å². The third-order valence-corrected chi connectivity index (χ3v) is 2.43. The summed E-state index contributed by atoms with van der Waals surface area (Å²) in [7, 11) is 1.15. The quantitative estimate of drug-likeness (QED) is 0.454. The van der Waals surface area contributed by atoms with E-state index in [9.17, 15) is 19.5 Å². The van der Waals surface area contributed by atoms with Crippen LogP contribution in [0.25, 0.3) is 0 Å². The number of hydrogen-bond donors (Lipinski definition) is 2. The number of hydrogen-bond acceptors (Lipinski definition) is 6. The van der Waals surface area contributed by atoms with E-state index in [1.54, 1.807) is 0 Å². The summed E-state index contributed by atoms with van der Waals surface area (Å²) < 4.78 is 9.24. The number of esters is 1. The van der Waals surface area contributed by atoms with E-state index in [4.69, 9.17) is 9.84 Å². The average Bonchev–Trinajstić information content (AvgIpc) is 2.43. The highest BCUT2D eigenvalue weighted by molar-refractivity contribution is 5.78. The van der Waals surface area contributed by atoms with Gasteiger partial charge in [-0.25, -0.2) is 4.79 Å². The first-order chi connectivity index (χ1) is 9.46. The normalized spacial score (nSPS) is 11.3. The van der Waals surface area contributed by atoms with Crippen LogP contribution in [0, 0.1) is 0 Å². The molecule has 8 nitrogen and oxygen atoms in total. The number of ether oxygens (including phenoxy) is 2. The Morgan fingerprint density at radius 3 is 2.50 bits per heavy atom. The van der Waals surface area contributed by atoms with Crippen LogP contribution in [0.1, 0.15) is 12.8 Å². The first-order valence-electron chi connectivity index (χ1n) is 5.90. The summed E-state index contributed by atoms with van der Waals surface area (Å²) in [5, 5.41) is 17.9. The van der Waals surface area contributed by atoms with Gasteiger partial charge in [-0.05, 0) is 6.42 Å². The van der Waals surface area contributed by atoms with Crippen LogP contribution in [0.5, 0.6) is 0 Å². The third-order valence-electron chi connectivity index (χ3n) is 2.43. The third kappa shape index (κ3) is 6.74. The average molecular weight is 289 g/mol. The second kappa shape index (κ2) is 9.79. The lowest BCUT2D eigenvalue weighted by Gasteiger charge is -2.28. The lowest BCUT2D eigenvalue weighted by molar-refractivity contribution is -0.142. The maximum atomic E-state index is 11.8. The maximum Gasteiger partial charge on any atom is 0.410 e. The molecule has 0 aliphatic rings. The lowest BCUT2D eigenvalue weighted by atomic mass is 10.1. The van der Waals surface area contributed by atoms with Crippen LogP contribution < -0.4 is 0 Å². The van der Waals surface area contributed by atoms with Gasteiger partial charge < -0.3 is 19.7 Å². The van der Waals surface area contributed by atoms with Crippen LogP contribution in [-0.4, -0.2) is 66.1 Å². The van der Waals surface area contributed by atoms with E-state index in [-0.39, 0.29) is 19.4 Å². The zero-order chi connectivity index (χ0) is 15.5. The van der Waals surface area contributed by atoms with Crippen molar-refractivity contribution >= 4 is 18.0 Å². The minimum absolute atomic E-state index is 0.00792. The second-order valence-electron chi connectivity index (χ2n) is 3.84. The highest BCUT2D eigenvalue weighted by Crippen LogP contribution is 2.09. The maximum absolute atomic E-state index is 11.8. The molecule has 0 heterocycles. The number of aliphatic hydroxyl groups is 1. The summed E-state index contributed by atoms with van der Waals surface area (Å²) in [6.07, 6.45) is 0.239. The number of methoxy groups -OCH3 is 1. The predicted molar refractivity (Wildman–Crippen MR) is 68.0 cm³/mol. The van der Waals surface area contributed by atoms with E-state index >= 15 is 0 Å². The molecule has 0 saturated carbocycles. The van der Waals surface area contributed by atoms with Gasteiger partial charge in [0.25, 0.3) is 0 Å². The van der Waals surface area contributed by atoms with Gasteiger partial charge in [-0.15, -0.1) is 0 Å². The van der Waals surface area contributed by atoms with Crippen LogP contribution in [0.3, 0.4) is 0 Å². The van der Waals surface area contributed by atoms with Crippen LogP contribution >= 0.6 is 0 Å². The molecule has 0 aromatic rings. The topological polar surface area (TPSA) is 113 Å². The molecule has 0 rings (SSSR count). The van der Waals surface area contributed by atoms with E-state index in [0.717, 1.165) is 12.0 Å². The van der Waals surface area contributed by atoms with Crippen LogP contribution in [-0.2, 0) is 19.1 Å². The van der Waals surface area contributed by atoms with Gasteiger partial charge in [0.05, 0.1) is 19.8 Å². The molecule has 0 aliphatic carbocycles. The van der Waals surface area contributed by atoms with Crippen molar-refractivity contribution in [1.29, 1.82) is 0 Å². The number of carboxylic acids is 1. The second-order valence-corrected chi connectivity index (χ2v) is 3.84. The molecule has 0 fully saturated rings. The monoisotopic (exact) mass is 289 g/mol. The number of carbonyl (C=O) groups is 3. The Morgan fingerprint density at radius 2 is 2.05 bits per heavy atom. The van der Waals surface area contributed by atoms with Gasteiger partial charge in [-0.2, -0.15) is 0 Å². The fourth-order valence-corrected chi connectivity index (χ4v) is 1.40. The highest BCUT2D eigenvalue weighted by Gasteiger charge is 2.27. The van der Waals surface area contributed by atoms with Crippen molar-refractivity contribution in [2.45, 2.75) is 18.9 Å². The standard InChI is InChI=1S/C12H19NO7/c1-3-6-20-12(18)13(7-11(17)19-2)9(8-14)4-5-10(15)16/h3,9,14H,1,4-8H2,2H3,(H,15,16)/t9-/m0/s1. The summed E-state index contributed by atoms with van der Waals surface area (Å²) in [5.74, 6) is -1.77. The van der Waals surface area contributed by atoms with Gasteiger partial charge in [0.15, 0.2) is 0 Å². The number of nitrogens with zero attached hydrogens (tertiary/aromatic N) is 1. The number of aliphatic hydroxyl groups excluding tert-OH is 1. The van der Waals surface area contributed by atoms with Gasteiger partial charge in [0, 0.05) is 6.42 Å². The molecule has 2 N–H and O–H groups in total. The Bertz CT molecular complexity index is 356. The summed E-state index contributed by atoms with van der Waals surface area (Å²) in [4.78, 5) is 34.5. The molecule has 0 unspecified atom stereocenters. The molecule has 0 saturated heterocycles. The summed E-state index contributed by atoms with van der Waals surface area (Å²) in [5.41, 5.74) is 0. The Labute approximate surface area is 116 Å². The van der Waals surface area contributed by atoms with Gasteiger partial charge in [0.1, 0.15) is 13.2 Å². The SMILES string of the molecule is C=CCOC(=O)N(CC(=O)OC)[C@H](CO)CCC(=O)O. The van der Waals surface area contributed by atoms with Crippen molar-refractivity contribution in [2.24, 2.45) is 0 Å². The number of carbonyl (C=O) groups excluding carboxylic acids is 2. The number of rotatable bonds is 9. The zero-order valence-corrected chi connectivity index (χ0v) is 11.3. The highest BCUT2D eigenvalue weighted by atomic mass is 16.6. The van der Waals surface area contributed by atoms with Gasteiger partial charge in [-0.1, -0.05) is 12.7 Å². The zero-order valence-electron chi connectivity index (χ0n) is 11.3. The van der Waals surface area contributed by atoms with Crippen molar-refractivity contribution in [3.63, 3.8) is 0 Å². The molecule has 114 valence electrons. The smallest absolute Gasteiger partial charge is 0.410 e. The molecule has 1 amide bonds. The lowest BCUT2D eigenvalue weighted by Crippen LogP contribution is -2.46. The molecule has 1 atom stereocenters. The van der Waals surface area contributed by atoms with Crippen LogP contribution in [0.4, 0.5) is 4.79 Å². The molecular formula is C12H19NO7. The largest absolute Gasteiger partial charge is 0.481 e. The molecule has 0 bridgehead atoms. The molecule has 0 radical (unpaired) electrons. The summed E-state index contributed by atoms with van der Waals surface area (Å²) >= 11 is 0. The predicted octanol–water partition coefficient (Wildman–Crippen LogP) is 0.00970. The fourth-order valence-electron chi connectivity index (χ4n) is 1.40. The van der Waals surface area contributed by atoms with Crippen molar-refractivity contribution in [3.8, 4) is 0 Å². The Balaban J connectivity index is 4.84. The minimum atomic E-state index is -1.07. The summed E-state index contributed by atoms with van der Waals surface area (Å²) in [6, 6.07) is -0.845. The van der Waals surface area contributed by atoms with E-state index in [1.165, 1.54) is 6.08 Å². The first kappa shape index (κ1) is 17.9. The van der Waals surface area contributed by atoms with Gasteiger partial charge >= 0.3 is 18.0 Å².